The summed E-state index contributed by atoms with van der Waals surface area (Å²) in [5.41, 5.74) is 5.50. The first-order valence-corrected chi connectivity index (χ1v) is 18.6. The molecule has 2 aromatic rings. The number of aryl methyl sites for hydroxylation is 1. The van der Waals surface area contributed by atoms with Crippen LogP contribution in [0.1, 0.15) is 128 Å². The van der Waals surface area contributed by atoms with Crippen molar-refractivity contribution in [2.24, 2.45) is 29.6 Å². The molecule has 2 saturated carbocycles. The Morgan fingerprint density at radius 3 is 2.18 bits per heavy atom. The van der Waals surface area contributed by atoms with E-state index < -0.39 is 5.97 Å². The molecular formula is C38H61FeN4O5P. The molecule has 7 unspecified atom stereocenters. The van der Waals surface area contributed by atoms with Crippen LogP contribution in [0, 0.1) is 49.4 Å². The summed E-state index contributed by atoms with van der Waals surface area (Å²) in [7, 11) is 2.13. The van der Waals surface area contributed by atoms with Crippen molar-refractivity contribution in [1.82, 2.24) is 20.5 Å². The van der Waals surface area contributed by atoms with E-state index in [0.29, 0.717) is 49.0 Å². The van der Waals surface area contributed by atoms with E-state index in [4.69, 9.17) is 0 Å². The average Bonchev–Trinajstić information content (AvgIpc) is 3.88. The molecule has 5 N–H and O–H groups in total. The van der Waals surface area contributed by atoms with Gasteiger partial charge in [0.1, 0.15) is 0 Å². The largest absolute Gasteiger partial charge is 2.00 e. The van der Waals surface area contributed by atoms with Gasteiger partial charge in [-0.25, -0.2) is 0 Å². The number of carbonyl (C=O) groups excluding carboxylic acids is 2. The van der Waals surface area contributed by atoms with Crippen LogP contribution in [0.4, 0.5) is 0 Å². The summed E-state index contributed by atoms with van der Waals surface area (Å²) in [6.45, 7) is 16.2. The molecule has 9 nitrogen and oxygen atoms in total. The Morgan fingerprint density at radius 1 is 1.02 bits per heavy atom. The van der Waals surface area contributed by atoms with Gasteiger partial charge in [0.25, 0.3) is 0 Å². The summed E-state index contributed by atoms with van der Waals surface area (Å²) in [6.07, 6.45) is 14.5. The van der Waals surface area contributed by atoms with Crippen molar-refractivity contribution in [1.29, 1.82) is 0 Å². The van der Waals surface area contributed by atoms with Crippen LogP contribution >= 0.6 is 9.39 Å². The molecule has 0 bridgehead atoms. The number of rotatable bonds is 16. The minimum Gasteiger partial charge on any atom is -0.481 e. The van der Waals surface area contributed by atoms with Crippen LogP contribution in [0.15, 0.2) is 12.1 Å². The zero-order valence-electron chi connectivity index (χ0n) is 30.7. The Hall–Kier alpha value is -2.12. The first-order valence-electron chi connectivity index (χ1n) is 18.0. The second-order valence-corrected chi connectivity index (χ2v) is 14.6. The maximum atomic E-state index is 12.5. The second-order valence-electron chi connectivity index (χ2n) is 14.4. The smallest absolute Gasteiger partial charge is 0.481 e. The minimum atomic E-state index is -0.841. The van der Waals surface area contributed by atoms with Gasteiger partial charge in [0.15, 0.2) is 0 Å². The van der Waals surface area contributed by atoms with Gasteiger partial charge in [-0.3, -0.25) is 14.4 Å². The number of hydrogen-bond acceptors (Lipinski definition) is 5. The summed E-state index contributed by atoms with van der Waals surface area (Å²) in [5.74, 6) is 1.30. The molecule has 0 aliphatic heterocycles. The molecule has 276 valence electrons. The molecule has 2 aliphatic rings. The third-order valence-corrected chi connectivity index (χ3v) is 11.5. The summed E-state index contributed by atoms with van der Waals surface area (Å²) < 4.78 is 0. The van der Waals surface area contributed by atoms with E-state index >= 15 is 0 Å². The van der Waals surface area contributed by atoms with Crippen molar-refractivity contribution in [3.8, 4) is 11.4 Å². The Labute approximate surface area is 307 Å². The second kappa shape index (κ2) is 20.7. The number of aromatic nitrogens is 2. The third-order valence-electron chi connectivity index (χ3n) is 11.4. The maximum absolute atomic E-state index is 12.5. The van der Waals surface area contributed by atoms with Crippen LogP contribution in [-0.4, -0.2) is 32.9 Å². The van der Waals surface area contributed by atoms with Gasteiger partial charge in [0.2, 0.25) is 5.91 Å². The standard InChI is InChI=1S/C31H48N3O3.C7H13NO2P.Fe/c1-8-19(3)21(5)31(7,20(4)9-2)27-16-24(17-29(36)37)30(34-27)26-15-25(22(6)33-26)18-32-28(35)14-23-12-10-11-13-23;9-7(10-8-11)5-6-3-1-2-4-6;/h12,15-16,19-21,23,33-34H,8-11,13-14,17-18H2,1-7H3,(H,32,35)(H,36,37);3,6,8H,1-2,4-5,11H2;/q2*-1;+2. The topological polar surface area (TPSA) is 136 Å². The SMILES string of the molecule is CCC(C)C(C)C(C)(c1cc(CC(=O)O)c(-c2cc(CNC(=O)CC3[CH-]CCC3)c(C)[nH]2)[nH]1)C(C)CC.O=C(CC1[CH-]CCC1)ONP.[Fe+2]. The predicted octanol–water partition coefficient (Wildman–Crippen LogP) is 8.16. The molecule has 2 aliphatic carbocycles. The number of carbonyl (C=O) groups is 3. The molecule has 1 amide bonds. The quantitative estimate of drug-likeness (QED) is 0.0510. The van der Waals surface area contributed by atoms with Crippen molar-refractivity contribution >= 4 is 27.2 Å². The molecule has 0 saturated heterocycles. The minimum absolute atomic E-state index is 0. The van der Waals surface area contributed by atoms with Crippen molar-refractivity contribution in [2.45, 2.75) is 131 Å². The molecule has 2 heterocycles. The zero-order valence-corrected chi connectivity index (χ0v) is 33.0. The van der Waals surface area contributed by atoms with Gasteiger partial charge >= 0.3 is 29.0 Å². The number of carboxylic acids is 1. The van der Waals surface area contributed by atoms with E-state index in [9.17, 15) is 19.5 Å². The Bertz CT molecular complexity index is 1330. The molecule has 2 fully saturated rings. The number of nitrogens with one attached hydrogen (secondary N) is 4. The molecule has 11 heteroatoms. The summed E-state index contributed by atoms with van der Waals surface area (Å²) in [5, 5.41) is 15.1. The van der Waals surface area contributed by atoms with Crippen molar-refractivity contribution in [3.05, 3.63) is 47.5 Å². The molecule has 4 rings (SSSR count). The van der Waals surface area contributed by atoms with Crippen LogP contribution in [0.3, 0.4) is 0 Å². The molecule has 49 heavy (non-hydrogen) atoms. The number of H-pyrrole nitrogens is 2. The third kappa shape index (κ3) is 12.0. The van der Waals surface area contributed by atoms with E-state index in [2.05, 4.69) is 101 Å². The first kappa shape index (κ1) is 43.0. The maximum Gasteiger partial charge on any atom is 2.00 e. The van der Waals surface area contributed by atoms with Crippen LogP contribution < -0.4 is 10.6 Å². The van der Waals surface area contributed by atoms with Crippen LogP contribution in [0.2, 0.25) is 0 Å². The summed E-state index contributed by atoms with van der Waals surface area (Å²) in [4.78, 5) is 46.9. The zero-order chi connectivity index (χ0) is 35.4. The van der Waals surface area contributed by atoms with E-state index in [1.54, 1.807) is 0 Å². The van der Waals surface area contributed by atoms with Gasteiger partial charge in [-0.1, -0.05) is 80.1 Å². The normalized spacial score (nSPS) is 20.2. The van der Waals surface area contributed by atoms with Crippen molar-refractivity contribution < 1.29 is 41.4 Å². The van der Waals surface area contributed by atoms with Gasteiger partial charge in [-0.05, 0) is 57.3 Å². The molecule has 2 aromatic heterocycles. The van der Waals surface area contributed by atoms with Gasteiger partial charge in [-0.15, -0.1) is 5.25 Å². The van der Waals surface area contributed by atoms with Gasteiger partial charge in [0.05, 0.1) is 17.8 Å². The summed E-state index contributed by atoms with van der Waals surface area (Å²) >= 11 is 0. The van der Waals surface area contributed by atoms with Crippen LogP contribution in [0.5, 0.6) is 0 Å². The number of aliphatic carboxylic acids is 1. The van der Waals surface area contributed by atoms with Crippen LogP contribution in [-0.2, 0) is 54.7 Å². The van der Waals surface area contributed by atoms with E-state index in [0.717, 1.165) is 72.4 Å². The van der Waals surface area contributed by atoms with E-state index in [1.807, 2.05) is 6.92 Å². The summed E-state index contributed by atoms with van der Waals surface area (Å²) in [6, 6.07) is 4.14. The predicted molar refractivity (Wildman–Crippen MR) is 195 cm³/mol. The monoisotopic (exact) mass is 740 g/mol. The first-order chi connectivity index (χ1) is 22.8. The fourth-order valence-electron chi connectivity index (χ4n) is 7.48. The Morgan fingerprint density at radius 2 is 1.65 bits per heavy atom. The Kier molecular flexibility index (Phi) is 18.1. The van der Waals surface area contributed by atoms with Crippen molar-refractivity contribution in [3.63, 3.8) is 0 Å². The molecule has 0 aromatic carbocycles. The fraction of sp³-hybridized carbons (Fsp3) is 0.658. The van der Waals surface area contributed by atoms with E-state index in [-0.39, 0.29) is 40.8 Å². The molecule has 0 radical (unpaired) electrons. The van der Waals surface area contributed by atoms with Gasteiger partial charge in [-0.2, -0.15) is 24.7 Å². The molecule has 0 spiro atoms. The number of aromatic amines is 2. The number of carboxylic acid groups (broad SMARTS) is 1. The number of amides is 1. The van der Waals surface area contributed by atoms with Gasteiger partial charge < -0.3 is 38.1 Å². The van der Waals surface area contributed by atoms with E-state index in [1.165, 1.54) is 12.8 Å². The molecule has 7 atom stereocenters. The van der Waals surface area contributed by atoms with Crippen molar-refractivity contribution in [2.75, 3.05) is 0 Å². The molecular weight excluding hydrogens is 679 g/mol. The average molecular weight is 741 g/mol. The van der Waals surface area contributed by atoms with Gasteiger partial charge in [0, 0.05) is 36.2 Å². The number of hydrogen-bond donors (Lipinski definition) is 5. The Balaban J connectivity index is 0.000000590. The fourth-order valence-corrected chi connectivity index (χ4v) is 7.61. The van der Waals surface area contributed by atoms with Crippen LogP contribution in [0.25, 0.3) is 11.4 Å².